The first-order valence-corrected chi connectivity index (χ1v) is 13.0. The second-order valence-electron chi connectivity index (χ2n) is 11.2. The normalized spacial score (nSPS) is 25.1. The Labute approximate surface area is 207 Å². The van der Waals surface area contributed by atoms with Gasteiger partial charge in [-0.1, -0.05) is 19.9 Å². The molecule has 6 nitrogen and oxygen atoms in total. The number of benzene rings is 1. The number of amides is 1. The molecule has 3 atom stereocenters. The van der Waals surface area contributed by atoms with Gasteiger partial charge in [-0.2, -0.15) is 5.10 Å². The summed E-state index contributed by atoms with van der Waals surface area (Å²) < 4.78 is 2.12. The minimum atomic E-state index is 0.0769. The molecule has 1 aliphatic carbocycles. The highest BCUT2D eigenvalue weighted by Crippen LogP contribution is 2.65. The van der Waals surface area contributed by atoms with Gasteiger partial charge in [0.15, 0.2) is 5.82 Å². The van der Waals surface area contributed by atoms with Crippen LogP contribution in [-0.4, -0.2) is 32.3 Å². The number of carbonyl (C=O) groups is 1. The van der Waals surface area contributed by atoms with Crippen molar-refractivity contribution in [3.63, 3.8) is 0 Å². The molecule has 4 heterocycles. The Morgan fingerprint density at radius 2 is 2.00 bits per heavy atom. The lowest BCUT2D eigenvalue weighted by Crippen LogP contribution is -2.39. The molecule has 1 amide bonds. The second kappa shape index (κ2) is 8.51. The maximum absolute atomic E-state index is 13.2. The van der Waals surface area contributed by atoms with Crippen LogP contribution in [0.15, 0.2) is 48.8 Å². The van der Waals surface area contributed by atoms with Gasteiger partial charge in [-0.3, -0.25) is 19.4 Å². The average molecular weight is 471 g/mol. The molecule has 2 fully saturated rings. The molecule has 3 unspecified atom stereocenters. The number of hydrogen-bond acceptors (Lipinski definition) is 4. The van der Waals surface area contributed by atoms with Crippen LogP contribution in [-0.2, 0) is 23.2 Å². The fourth-order valence-electron chi connectivity index (χ4n) is 6.65. The number of phenolic OH excluding ortho intramolecular Hbond substituents is 1. The number of anilines is 1. The number of nitrogens with zero attached hydrogens (tertiary/aromatic N) is 4. The largest absolute Gasteiger partial charge is 0.508 e. The Morgan fingerprint density at radius 1 is 1.17 bits per heavy atom. The maximum atomic E-state index is 13.2. The lowest BCUT2D eigenvalue weighted by atomic mass is 9.86. The summed E-state index contributed by atoms with van der Waals surface area (Å²) in [5.41, 5.74) is 5.12. The first-order valence-electron chi connectivity index (χ1n) is 13.0. The van der Waals surface area contributed by atoms with Crippen LogP contribution in [0.25, 0.3) is 0 Å². The fourth-order valence-corrected chi connectivity index (χ4v) is 6.65. The summed E-state index contributed by atoms with van der Waals surface area (Å²) in [5.74, 6) is 2.74. The second-order valence-corrected chi connectivity index (χ2v) is 11.2. The SMILES string of the molecule is CC(C)CC12CC1c1ccc(O)cc1Cn1nc(N3CCC(CCc4ccncc4)CC3=O)cc12. The Balaban J connectivity index is 1.23. The maximum Gasteiger partial charge on any atom is 0.228 e. The Bertz CT molecular complexity index is 1250. The number of piperidine rings is 1. The van der Waals surface area contributed by atoms with Crippen molar-refractivity contribution >= 4 is 11.7 Å². The quantitative estimate of drug-likeness (QED) is 0.538. The molecule has 3 aliphatic rings. The number of hydrogen-bond donors (Lipinski definition) is 1. The van der Waals surface area contributed by atoms with Crippen molar-refractivity contribution < 1.29 is 9.90 Å². The summed E-state index contributed by atoms with van der Waals surface area (Å²) >= 11 is 0. The van der Waals surface area contributed by atoms with Gasteiger partial charge in [-0.15, -0.1) is 0 Å². The highest BCUT2D eigenvalue weighted by molar-refractivity contribution is 5.93. The van der Waals surface area contributed by atoms with Crippen molar-refractivity contribution in [2.24, 2.45) is 11.8 Å². The van der Waals surface area contributed by atoms with Crippen LogP contribution in [0.2, 0.25) is 0 Å². The third kappa shape index (κ3) is 4.03. The van der Waals surface area contributed by atoms with E-state index in [1.165, 1.54) is 16.8 Å². The van der Waals surface area contributed by atoms with Gasteiger partial charge in [0, 0.05) is 42.5 Å². The van der Waals surface area contributed by atoms with Crippen LogP contribution >= 0.6 is 0 Å². The van der Waals surface area contributed by atoms with Gasteiger partial charge >= 0.3 is 0 Å². The highest BCUT2D eigenvalue weighted by atomic mass is 16.3. The molecule has 0 bridgehead atoms. The zero-order valence-electron chi connectivity index (χ0n) is 20.7. The van der Waals surface area contributed by atoms with Crippen molar-refractivity contribution in [2.75, 3.05) is 11.4 Å². The van der Waals surface area contributed by atoms with E-state index < -0.39 is 0 Å². The van der Waals surface area contributed by atoms with Crippen molar-refractivity contribution in [2.45, 2.75) is 70.3 Å². The van der Waals surface area contributed by atoms with Crippen molar-refractivity contribution in [3.05, 3.63) is 71.2 Å². The first-order chi connectivity index (χ1) is 16.9. The van der Waals surface area contributed by atoms with Gasteiger partial charge in [0.05, 0.1) is 6.54 Å². The molecule has 3 aromatic rings. The van der Waals surface area contributed by atoms with Crippen LogP contribution in [0.5, 0.6) is 5.75 Å². The van der Waals surface area contributed by atoms with Crippen molar-refractivity contribution in [1.29, 1.82) is 0 Å². The summed E-state index contributed by atoms with van der Waals surface area (Å²) in [5, 5.41) is 15.1. The molecule has 0 spiro atoms. The molecule has 1 saturated carbocycles. The first kappa shape index (κ1) is 22.3. The van der Waals surface area contributed by atoms with E-state index in [2.05, 4.69) is 47.8 Å². The van der Waals surface area contributed by atoms with Gasteiger partial charge < -0.3 is 5.11 Å². The van der Waals surface area contributed by atoms with E-state index in [9.17, 15) is 9.90 Å². The number of aromatic nitrogens is 3. The third-order valence-corrected chi connectivity index (χ3v) is 8.34. The third-order valence-electron chi connectivity index (χ3n) is 8.34. The summed E-state index contributed by atoms with van der Waals surface area (Å²) in [6.07, 6.45) is 9.50. The van der Waals surface area contributed by atoms with Gasteiger partial charge in [0.2, 0.25) is 5.91 Å². The van der Waals surface area contributed by atoms with Crippen LogP contribution in [0.4, 0.5) is 5.82 Å². The number of aromatic hydroxyl groups is 1. The molecule has 6 rings (SSSR count). The average Bonchev–Trinajstić information content (AvgIpc) is 3.40. The topological polar surface area (TPSA) is 71.2 Å². The molecule has 0 radical (unpaired) electrons. The molecule has 2 aliphatic heterocycles. The molecule has 35 heavy (non-hydrogen) atoms. The summed E-state index contributed by atoms with van der Waals surface area (Å²) in [4.78, 5) is 19.2. The molecule has 182 valence electrons. The van der Waals surface area contributed by atoms with Crippen molar-refractivity contribution in [3.8, 4) is 5.75 Å². The molecular formula is C29H34N4O2. The van der Waals surface area contributed by atoms with E-state index >= 15 is 0 Å². The van der Waals surface area contributed by atoms with Gasteiger partial charge in [0.1, 0.15) is 5.75 Å². The zero-order chi connectivity index (χ0) is 24.2. The Kier molecular flexibility index (Phi) is 5.42. The lowest BCUT2D eigenvalue weighted by Gasteiger charge is -2.30. The fraction of sp³-hybridized carbons (Fsp3) is 0.483. The van der Waals surface area contributed by atoms with Gasteiger partial charge in [-0.05, 0) is 90.8 Å². The monoisotopic (exact) mass is 470 g/mol. The van der Waals surface area contributed by atoms with Gasteiger partial charge in [-0.25, -0.2) is 0 Å². The number of carbonyl (C=O) groups excluding carboxylic acids is 1. The minimum Gasteiger partial charge on any atom is -0.508 e. The summed E-state index contributed by atoms with van der Waals surface area (Å²) in [6, 6.07) is 12.1. The molecule has 1 aromatic carbocycles. The molecule has 1 N–H and O–H groups in total. The van der Waals surface area contributed by atoms with E-state index in [0.29, 0.717) is 36.5 Å². The Morgan fingerprint density at radius 3 is 2.77 bits per heavy atom. The number of aryl methyl sites for hydroxylation is 1. The number of pyridine rings is 1. The minimum absolute atomic E-state index is 0.0769. The number of fused-ring (bicyclic) bond motifs is 5. The van der Waals surface area contributed by atoms with Crippen LogP contribution < -0.4 is 4.90 Å². The summed E-state index contributed by atoms with van der Waals surface area (Å²) in [7, 11) is 0. The van der Waals surface area contributed by atoms with E-state index in [1.807, 2.05) is 29.4 Å². The Hall–Kier alpha value is -3.15. The predicted octanol–water partition coefficient (Wildman–Crippen LogP) is 5.19. The van der Waals surface area contributed by atoms with E-state index in [-0.39, 0.29) is 11.3 Å². The van der Waals surface area contributed by atoms with E-state index in [4.69, 9.17) is 5.10 Å². The summed E-state index contributed by atoms with van der Waals surface area (Å²) in [6.45, 7) is 5.95. The van der Waals surface area contributed by atoms with Gasteiger partial charge in [0.25, 0.3) is 0 Å². The number of phenols is 1. The molecule has 2 aromatic heterocycles. The zero-order valence-corrected chi connectivity index (χ0v) is 20.7. The molecule has 1 saturated heterocycles. The lowest BCUT2D eigenvalue weighted by molar-refractivity contribution is -0.120. The smallest absolute Gasteiger partial charge is 0.228 e. The predicted molar refractivity (Wildman–Crippen MR) is 136 cm³/mol. The van der Waals surface area contributed by atoms with Crippen LogP contribution in [0.1, 0.15) is 74.3 Å². The molecule has 6 heteroatoms. The van der Waals surface area contributed by atoms with E-state index in [1.54, 1.807) is 0 Å². The van der Waals surface area contributed by atoms with Crippen LogP contribution in [0, 0.1) is 11.8 Å². The van der Waals surface area contributed by atoms with E-state index in [0.717, 1.165) is 50.0 Å². The standard InChI is InChI=1S/C29H34N4O2/c1-19(2)16-29-17-25(29)24-6-5-23(34)14-22(24)18-33-26(29)15-27(31-33)32-12-9-21(13-28(32)35)4-3-20-7-10-30-11-8-20/h5-8,10-11,14-15,19,21,25,34H,3-4,9,12-13,16-18H2,1-2H3. The van der Waals surface area contributed by atoms with Crippen LogP contribution in [0.3, 0.4) is 0 Å². The van der Waals surface area contributed by atoms with Crippen molar-refractivity contribution in [1.82, 2.24) is 14.8 Å². The molecular weight excluding hydrogens is 436 g/mol. The highest BCUT2D eigenvalue weighted by Gasteiger charge is 2.59. The number of rotatable bonds is 6.